The van der Waals surface area contributed by atoms with Gasteiger partial charge in [0.1, 0.15) is 0 Å². The van der Waals surface area contributed by atoms with Gasteiger partial charge >= 0.3 is 0 Å². The van der Waals surface area contributed by atoms with Gasteiger partial charge in [0, 0.05) is 23.8 Å². The molecule has 1 aliphatic rings. The van der Waals surface area contributed by atoms with Crippen molar-refractivity contribution >= 4 is 22.8 Å². The molecule has 1 rings (SSSR count). The van der Waals surface area contributed by atoms with Crippen LogP contribution in [0.15, 0.2) is 4.99 Å². The van der Waals surface area contributed by atoms with Crippen molar-refractivity contribution in [3.63, 3.8) is 0 Å². The number of hydrogen-bond acceptors (Lipinski definition) is 3. The molecular weight excluding hydrogens is 234 g/mol. The van der Waals surface area contributed by atoms with Crippen LogP contribution in [-0.2, 0) is 4.79 Å². The van der Waals surface area contributed by atoms with Gasteiger partial charge in [-0.15, -0.1) is 0 Å². The molecule has 1 atom stereocenters. The summed E-state index contributed by atoms with van der Waals surface area (Å²) in [6.07, 6.45) is 1.56. The van der Waals surface area contributed by atoms with E-state index in [0.717, 1.165) is 17.3 Å². The molecule has 1 aliphatic heterocycles. The lowest BCUT2D eigenvalue weighted by atomic mass is 10.0. The van der Waals surface area contributed by atoms with Crippen LogP contribution in [0.4, 0.5) is 0 Å². The van der Waals surface area contributed by atoms with Gasteiger partial charge in [-0.3, -0.25) is 9.79 Å². The lowest BCUT2D eigenvalue weighted by Gasteiger charge is -2.20. The molecule has 0 saturated carbocycles. The molecule has 1 saturated heterocycles. The minimum Gasteiger partial charge on any atom is -0.359 e. The van der Waals surface area contributed by atoms with Crippen molar-refractivity contribution < 1.29 is 4.79 Å². The lowest BCUT2D eigenvalue weighted by Crippen LogP contribution is -2.39. The second-order valence-corrected chi connectivity index (χ2v) is 5.95. The van der Waals surface area contributed by atoms with Crippen LogP contribution in [0, 0.1) is 0 Å². The van der Waals surface area contributed by atoms with Crippen molar-refractivity contribution in [2.45, 2.75) is 52.1 Å². The van der Waals surface area contributed by atoms with Crippen molar-refractivity contribution in [3.05, 3.63) is 0 Å². The Morgan fingerprint density at radius 1 is 1.65 bits per heavy atom. The first-order valence-corrected chi connectivity index (χ1v) is 7.18. The number of nitrogens with one attached hydrogen (secondary N) is 2. The van der Waals surface area contributed by atoms with Crippen molar-refractivity contribution in [2.24, 2.45) is 4.99 Å². The molecule has 0 spiro atoms. The molecule has 1 heterocycles. The number of thioether (sulfide) groups is 1. The summed E-state index contributed by atoms with van der Waals surface area (Å²) in [5, 5.41) is 7.25. The molecule has 0 aromatic heterocycles. The molecular formula is C12H23N3OS. The highest BCUT2D eigenvalue weighted by atomic mass is 32.2. The number of carbonyl (C=O) groups is 1. The Hall–Kier alpha value is -0.710. The molecule has 98 valence electrons. The quantitative estimate of drug-likeness (QED) is 0.789. The van der Waals surface area contributed by atoms with E-state index in [-0.39, 0.29) is 17.5 Å². The number of aliphatic imine (C=N–C) groups is 1. The maximum atomic E-state index is 11.4. The molecule has 0 aromatic carbocycles. The Morgan fingerprint density at radius 3 is 2.88 bits per heavy atom. The lowest BCUT2D eigenvalue weighted by molar-refractivity contribution is -0.121. The van der Waals surface area contributed by atoms with Crippen molar-refractivity contribution in [1.82, 2.24) is 10.6 Å². The van der Waals surface area contributed by atoms with Gasteiger partial charge in [-0.05, 0) is 27.2 Å². The molecule has 0 bridgehead atoms. The standard InChI is InChI=1S/C12H23N3OS/c1-5-12(4)8-17-11(15-12)13-7-6-10(16)14-9(2)3/h9H,5-8H2,1-4H3,(H,13,15)(H,14,16). The zero-order chi connectivity index (χ0) is 12.9. The number of amidine groups is 1. The van der Waals surface area contributed by atoms with Crippen LogP contribution in [0.3, 0.4) is 0 Å². The number of nitrogens with zero attached hydrogens (tertiary/aromatic N) is 1. The van der Waals surface area contributed by atoms with E-state index in [0.29, 0.717) is 13.0 Å². The smallest absolute Gasteiger partial charge is 0.222 e. The first-order chi connectivity index (χ1) is 7.95. The van der Waals surface area contributed by atoms with Crippen LogP contribution in [-0.4, -0.2) is 35.0 Å². The van der Waals surface area contributed by atoms with E-state index >= 15 is 0 Å². The monoisotopic (exact) mass is 257 g/mol. The van der Waals surface area contributed by atoms with Gasteiger partial charge in [-0.1, -0.05) is 18.7 Å². The summed E-state index contributed by atoms with van der Waals surface area (Å²) in [6.45, 7) is 8.87. The average Bonchev–Trinajstić information content (AvgIpc) is 2.60. The van der Waals surface area contributed by atoms with Gasteiger partial charge in [-0.25, -0.2) is 0 Å². The maximum absolute atomic E-state index is 11.4. The topological polar surface area (TPSA) is 53.5 Å². The number of carbonyl (C=O) groups excluding carboxylic acids is 1. The molecule has 1 fully saturated rings. The summed E-state index contributed by atoms with van der Waals surface area (Å²) in [5.74, 6) is 1.13. The summed E-state index contributed by atoms with van der Waals surface area (Å²) in [5.41, 5.74) is 0.170. The minimum absolute atomic E-state index is 0.0746. The maximum Gasteiger partial charge on any atom is 0.222 e. The summed E-state index contributed by atoms with van der Waals surface area (Å²) in [4.78, 5) is 15.8. The summed E-state index contributed by atoms with van der Waals surface area (Å²) in [7, 11) is 0. The summed E-state index contributed by atoms with van der Waals surface area (Å²) in [6, 6.07) is 0.206. The highest BCUT2D eigenvalue weighted by Gasteiger charge is 2.30. The first-order valence-electron chi connectivity index (χ1n) is 6.20. The van der Waals surface area contributed by atoms with Crippen molar-refractivity contribution in [3.8, 4) is 0 Å². The van der Waals surface area contributed by atoms with Gasteiger partial charge in [0.25, 0.3) is 0 Å². The van der Waals surface area contributed by atoms with E-state index in [2.05, 4.69) is 29.5 Å². The molecule has 17 heavy (non-hydrogen) atoms. The van der Waals surface area contributed by atoms with Crippen LogP contribution in [0.25, 0.3) is 0 Å². The minimum atomic E-state index is 0.0746. The molecule has 1 amide bonds. The van der Waals surface area contributed by atoms with Crippen LogP contribution in [0.1, 0.15) is 40.5 Å². The molecule has 5 heteroatoms. The Morgan fingerprint density at radius 2 is 2.35 bits per heavy atom. The molecule has 4 nitrogen and oxygen atoms in total. The van der Waals surface area contributed by atoms with E-state index < -0.39 is 0 Å². The van der Waals surface area contributed by atoms with E-state index in [1.165, 1.54) is 0 Å². The first kappa shape index (κ1) is 14.4. The van der Waals surface area contributed by atoms with Gasteiger partial charge in [0.15, 0.2) is 5.17 Å². The van der Waals surface area contributed by atoms with Crippen LogP contribution >= 0.6 is 11.8 Å². The van der Waals surface area contributed by atoms with E-state index in [9.17, 15) is 4.79 Å². The van der Waals surface area contributed by atoms with Gasteiger partial charge in [0.2, 0.25) is 5.91 Å². The molecule has 1 unspecified atom stereocenters. The largest absolute Gasteiger partial charge is 0.359 e. The second kappa shape index (κ2) is 6.28. The third-order valence-corrected chi connectivity index (χ3v) is 4.05. The normalized spacial score (nSPS) is 26.3. The fourth-order valence-electron chi connectivity index (χ4n) is 1.49. The van der Waals surface area contributed by atoms with Crippen LogP contribution in [0.2, 0.25) is 0 Å². The SMILES string of the molecule is CCC1(C)CSC(=NCCC(=O)NC(C)C)N1. The second-order valence-electron chi connectivity index (χ2n) is 4.99. The van der Waals surface area contributed by atoms with Crippen molar-refractivity contribution in [2.75, 3.05) is 12.3 Å². The van der Waals surface area contributed by atoms with Gasteiger partial charge < -0.3 is 10.6 Å². The van der Waals surface area contributed by atoms with Crippen LogP contribution in [0.5, 0.6) is 0 Å². The van der Waals surface area contributed by atoms with Crippen LogP contribution < -0.4 is 10.6 Å². The summed E-state index contributed by atoms with van der Waals surface area (Å²) < 4.78 is 0. The third kappa shape index (κ3) is 4.98. The summed E-state index contributed by atoms with van der Waals surface area (Å²) >= 11 is 1.75. The fraction of sp³-hybridized carbons (Fsp3) is 0.833. The zero-order valence-corrected chi connectivity index (χ0v) is 12.0. The third-order valence-electron chi connectivity index (χ3n) is 2.76. The molecule has 0 radical (unpaired) electrons. The number of amides is 1. The molecule has 0 aromatic rings. The van der Waals surface area contributed by atoms with E-state index in [4.69, 9.17) is 0 Å². The molecule has 0 aliphatic carbocycles. The number of rotatable bonds is 5. The van der Waals surface area contributed by atoms with Gasteiger partial charge in [0.05, 0.1) is 6.54 Å². The molecule has 2 N–H and O–H groups in total. The van der Waals surface area contributed by atoms with Crippen molar-refractivity contribution in [1.29, 1.82) is 0 Å². The highest BCUT2D eigenvalue weighted by molar-refractivity contribution is 8.14. The number of hydrogen-bond donors (Lipinski definition) is 2. The Kier molecular flexibility index (Phi) is 5.31. The predicted molar refractivity (Wildman–Crippen MR) is 74.5 cm³/mol. The van der Waals surface area contributed by atoms with E-state index in [1.807, 2.05) is 13.8 Å². The van der Waals surface area contributed by atoms with E-state index in [1.54, 1.807) is 11.8 Å². The predicted octanol–water partition coefficient (Wildman–Crippen LogP) is 1.76. The highest BCUT2D eigenvalue weighted by Crippen LogP contribution is 2.25. The Labute approximate surface area is 108 Å². The zero-order valence-electron chi connectivity index (χ0n) is 11.2. The Bertz CT molecular complexity index is 304. The average molecular weight is 257 g/mol. The fourth-order valence-corrected chi connectivity index (χ4v) is 2.72. The Balaban J connectivity index is 2.29. The van der Waals surface area contributed by atoms with Gasteiger partial charge in [-0.2, -0.15) is 0 Å².